The molecule has 0 rings (SSSR count). The van der Waals surface area contributed by atoms with E-state index < -0.39 is 30.5 Å². The zero-order chi connectivity index (χ0) is 13.0. The predicted molar refractivity (Wildman–Crippen MR) is 58.9 cm³/mol. The molecule has 7 heteroatoms. The fraction of sp³-hybridized carbons (Fsp3) is 0.778. The highest BCUT2D eigenvalue weighted by Gasteiger charge is 2.31. The van der Waals surface area contributed by atoms with Crippen LogP contribution in [0, 0.1) is 0 Å². The first-order valence-electron chi connectivity index (χ1n) is 4.78. The van der Waals surface area contributed by atoms with E-state index in [-0.39, 0.29) is 4.99 Å². The van der Waals surface area contributed by atoms with Gasteiger partial charge in [0.1, 0.15) is 0 Å². The summed E-state index contributed by atoms with van der Waals surface area (Å²) in [6, 6.07) is 0. The summed E-state index contributed by atoms with van der Waals surface area (Å²) in [6.07, 6.45) is -5.65. The Kier molecular flexibility index (Phi) is 5.18. The van der Waals surface area contributed by atoms with E-state index in [1.807, 2.05) is 0 Å². The van der Waals surface area contributed by atoms with Crippen LogP contribution >= 0.6 is 12.2 Å². The number of amides is 1. The van der Waals surface area contributed by atoms with E-state index in [2.05, 4.69) is 5.32 Å². The summed E-state index contributed by atoms with van der Waals surface area (Å²) in [5, 5.41) is 2.41. The third-order valence-electron chi connectivity index (χ3n) is 2.30. The Morgan fingerprint density at radius 2 is 1.94 bits per heavy atom. The van der Waals surface area contributed by atoms with Crippen molar-refractivity contribution in [3.05, 3.63) is 0 Å². The third kappa shape index (κ3) is 5.29. The van der Waals surface area contributed by atoms with Crippen molar-refractivity contribution >= 4 is 23.1 Å². The second kappa shape index (κ2) is 5.47. The van der Waals surface area contributed by atoms with Gasteiger partial charge in [-0.05, 0) is 13.3 Å². The molecule has 0 aromatic carbocycles. The van der Waals surface area contributed by atoms with E-state index in [1.165, 1.54) is 0 Å². The molecule has 0 saturated carbocycles. The second-order valence-corrected chi connectivity index (χ2v) is 4.15. The normalized spacial score (nSPS) is 15.3. The molecule has 1 atom stereocenters. The maximum atomic E-state index is 11.9. The summed E-state index contributed by atoms with van der Waals surface area (Å²) in [6.45, 7) is 3.32. The van der Waals surface area contributed by atoms with Gasteiger partial charge in [-0.2, -0.15) is 13.2 Å². The van der Waals surface area contributed by atoms with E-state index in [1.54, 1.807) is 13.8 Å². The molecular weight excluding hydrogens is 241 g/mol. The third-order valence-corrected chi connectivity index (χ3v) is 2.75. The highest BCUT2D eigenvalue weighted by Crippen LogP contribution is 2.21. The zero-order valence-corrected chi connectivity index (χ0v) is 9.97. The molecule has 0 saturated heterocycles. The number of carbonyl (C=O) groups excluding carboxylic acids is 1. The number of hydrogen-bond donors (Lipinski definition) is 2. The lowest BCUT2D eigenvalue weighted by atomic mass is 9.98. The largest absolute Gasteiger partial charge is 0.391 e. The van der Waals surface area contributed by atoms with Crippen molar-refractivity contribution in [3.63, 3.8) is 0 Å². The van der Waals surface area contributed by atoms with Gasteiger partial charge in [0.05, 0.1) is 16.9 Å². The van der Waals surface area contributed by atoms with Gasteiger partial charge in [-0.3, -0.25) is 4.79 Å². The maximum Gasteiger partial charge on any atom is 0.389 e. The van der Waals surface area contributed by atoms with Crippen molar-refractivity contribution in [3.8, 4) is 0 Å². The molecule has 3 N–H and O–H groups in total. The number of thiocarbonyl (C=S) groups is 1. The number of halogens is 3. The SMILES string of the molecule is CCC(C)(NC(=O)CCC(F)(F)F)C(N)=S. The topological polar surface area (TPSA) is 55.1 Å². The number of rotatable bonds is 5. The van der Waals surface area contributed by atoms with E-state index in [0.29, 0.717) is 6.42 Å². The van der Waals surface area contributed by atoms with Crippen molar-refractivity contribution in [2.45, 2.75) is 44.8 Å². The standard InChI is InChI=1S/C9H15F3N2OS/c1-3-8(2,7(13)16)14-6(15)4-5-9(10,11)12/h3-5H2,1-2H3,(H2,13,16)(H,14,15). The Labute approximate surface area is 97.6 Å². The number of carbonyl (C=O) groups is 1. The smallest absolute Gasteiger partial charge is 0.389 e. The van der Waals surface area contributed by atoms with Crippen molar-refractivity contribution in [2.24, 2.45) is 5.73 Å². The van der Waals surface area contributed by atoms with Crippen LogP contribution in [0.1, 0.15) is 33.1 Å². The molecule has 94 valence electrons. The van der Waals surface area contributed by atoms with Crippen molar-refractivity contribution in [1.29, 1.82) is 0 Å². The molecular formula is C9H15F3N2OS. The molecule has 0 aliphatic heterocycles. The lowest BCUT2D eigenvalue weighted by molar-refractivity contribution is -0.144. The van der Waals surface area contributed by atoms with Gasteiger partial charge in [0.2, 0.25) is 5.91 Å². The average molecular weight is 256 g/mol. The Hall–Kier alpha value is -0.850. The number of alkyl halides is 3. The first kappa shape index (κ1) is 15.2. The van der Waals surface area contributed by atoms with E-state index >= 15 is 0 Å². The quantitative estimate of drug-likeness (QED) is 0.739. The molecule has 3 nitrogen and oxygen atoms in total. The molecule has 0 aromatic heterocycles. The van der Waals surface area contributed by atoms with Crippen molar-refractivity contribution < 1.29 is 18.0 Å². The molecule has 0 heterocycles. The minimum Gasteiger partial charge on any atom is -0.391 e. The van der Waals surface area contributed by atoms with Crippen LogP contribution in [-0.4, -0.2) is 22.6 Å². The van der Waals surface area contributed by atoms with Crippen LogP contribution in [-0.2, 0) is 4.79 Å². The minimum atomic E-state index is -4.33. The van der Waals surface area contributed by atoms with Crippen LogP contribution in [0.3, 0.4) is 0 Å². The van der Waals surface area contributed by atoms with Gasteiger partial charge in [0, 0.05) is 6.42 Å². The van der Waals surface area contributed by atoms with Crippen LogP contribution in [0.25, 0.3) is 0 Å². The Bertz CT molecular complexity index is 280. The second-order valence-electron chi connectivity index (χ2n) is 3.71. The van der Waals surface area contributed by atoms with Gasteiger partial charge in [-0.1, -0.05) is 19.1 Å². The fourth-order valence-electron chi connectivity index (χ4n) is 0.950. The van der Waals surface area contributed by atoms with E-state index in [0.717, 1.165) is 0 Å². The molecule has 1 unspecified atom stereocenters. The molecule has 0 bridgehead atoms. The van der Waals surface area contributed by atoms with Crippen molar-refractivity contribution in [2.75, 3.05) is 0 Å². The molecule has 16 heavy (non-hydrogen) atoms. The van der Waals surface area contributed by atoms with Crippen molar-refractivity contribution in [1.82, 2.24) is 5.32 Å². The maximum absolute atomic E-state index is 11.9. The summed E-state index contributed by atoms with van der Waals surface area (Å²) in [5.41, 5.74) is 4.49. The molecule has 1 amide bonds. The monoisotopic (exact) mass is 256 g/mol. The summed E-state index contributed by atoms with van der Waals surface area (Å²) >= 11 is 4.75. The highest BCUT2D eigenvalue weighted by molar-refractivity contribution is 7.80. The van der Waals surface area contributed by atoms with Gasteiger partial charge >= 0.3 is 6.18 Å². The molecule has 0 aliphatic carbocycles. The Balaban J connectivity index is 4.28. The molecule has 0 aliphatic rings. The van der Waals surface area contributed by atoms with Gasteiger partial charge in [-0.25, -0.2) is 0 Å². The molecule has 0 fully saturated rings. The molecule has 0 spiro atoms. The summed E-state index contributed by atoms with van der Waals surface area (Å²) in [7, 11) is 0. The summed E-state index contributed by atoms with van der Waals surface area (Å²) in [4.78, 5) is 11.3. The highest BCUT2D eigenvalue weighted by atomic mass is 32.1. The zero-order valence-electron chi connectivity index (χ0n) is 9.15. The molecule has 0 radical (unpaired) electrons. The van der Waals surface area contributed by atoms with E-state index in [4.69, 9.17) is 18.0 Å². The Morgan fingerprint density at radius 3 is 2.25 bits per heavy atom. The number of hydrogen-bond acceptors (Lipinski definition) is 2. The van der Waals surface area contributed by atoms with Gasteiger partial charge in [-0.15, -0.1) is 0 Å². The Morgan fingerprint density at radius 1 is 1.44 bits per heavy atom. The number of nitrogens with one attached hydrogen (secondary N) is 1. The average Bonchev–Trinajstić information content (AvgIpc) is 2.13. The summed E-state index contributed by atoms with van der Waals surface area (Å²) < 4.78 is 35.6. The lowest BCUT2D eigenvalue weighted by Gasteiger charge is -2.28. The first-order valence-corrected chi connectivity index (χ1v) is 5.19. The minimum absolute atomic E-state index is 0.0651. The van der Waals surface area contributed by atoms with Crippen LogP contribution in [0.5, 0.6) is 0 Å². The van der Waals surface area contributed by atoms with Gasteiger partial charge < -0.3 is 11.1 Å². The van der Waals surface area contributed by atoms with Gasteiger partial charge in [0.25, 0.3) is 0 Å². The van der Waals surface area contributed by atoms with Crippen LogP contribution in [0.15, 0.2) is 0 Å². The predicted octanol–water partition coefficient (Wildman–Crippen LogP) is 1.90. The van der Waals surface area contributed by atoms with Crippen LogP contribution < -0.4 is 11.1 Å². The number of nitrogens with two attached hydrogens (primary N) is 1. The van der Waals surface area contributed by atoms with E-state index in [9.17, 15) is 18.0 Å². The fourth-order valence-corrected chi connectivity index (χ4v) is 1.15. The molecule has 0 aromatic rings. The first-order chi connectivity index (χ1) is 7.10. The summed E-state index contributed by atoms with van der Waals surface area (Å²) in [5.74, 6) is -0.700. The van der Waals surface area contributed by atoms with Gasteiger partial charge in [0.15, 0.2) is 0 Å². The lowest BCUT2D eigenvalue weighted by Crippen LogP contribution is -2.54. The van der Waals surface area contributed by atoms with Crippen LogP contribution in [0.4, 0.5) is 13.2 Å². The van der Waals surface area contributed by atoms with Crippen LogP contribution in [0.2, 0.25) is 0 Å².